The minimum Gasteiger partial charge on any atom is -0.487 e. The number of nitrogens with zero attached hydrogens (tertiary/aromatic N) is 3. The number of rotatable bonds is 4. The molecule has 1 saturated carbocycles. The van der Waals surface area contributed by atoms with E-state index in [9.17, 15) is 9.59 Å². The minimum atomic E-state index is -0.154. The van der Waals surface area contributed by atoms with Gasteiger partial charge in [-0.2, -0.15) is 0 Å². The van der Waals surface area contributed by atoms with E-state index in [1.165, 1.54) is 0 Å². The van der Waals surface area contributed by atoms with Gasteiger partial charge < -0.3 is 19.1 Å². The van der Waals surface area contributed by atoms with Crippen LogP contribution in [-0.2, 0) is 11.2 Å². The molecule has 1 fully saturated rings. The number of aromatic nitrogens is 1. The first kappa shape index (κ1) is 26.3. The highest BCUT2D eigenvalue weighted by Gasteiger charge is 2.35. The number of hydrogen-bond donors (Lipinski definition) is 0. The van der Waals surface area contributed by atoms with E-state index in [0.29, 0.717) is 29.1 Å². The predicted molar refractivity (Wildman–Crippen MR) is 147 cm³/mol. The Morgan fingerprint density at radius 2 is 1.71 bits per heavy atom. The average molecular weight is 518 g/mol. The first-order chi connectivity index (χ1) is 18.7. The molecule has 1 aliphatic heterocycles. The van der Waals surface area contributed by atoms with Crippen molar-refractivity contribution >= 4 is 22.8 Å². The highest BCUT2D eigenvalue weighted by atomic mass is 16.5. The Hall–Kier alpha value is -3.35. The molecular formula is C31H39N3O4. The van der Waals surface area contributed by atoms with Gasteiger partial charge in [-0.3, -0.25) is 9.59 Å². The maximum Gasteiger partial charge on any atom is 0.257 e. The largest absolute Gasteiger partial charge is 0.487 e. The van der Waals surface area contributed by atoms with E-state index in [1.54, 1.807) is 0 Å². The van der Waals surface area contributed by atoms with Crippen molar-refractivity contribution in [1.82, 2.24) is 15.0 Å². The highest BCUT2D eigenvalue weighted by molar-refractivity contribution is 5.97. The van der Waals surface area contributed by atoms with Crippen LogP contribution in [0.3, 0.4) is 0 Å². The summed E-state index contributed by atoms with van der Waals surface area (Å²) in [6.45, 7) is 4.31. The monoisotopic (exact) mass is 517 g/mol. The van der Waals surface area contributed by atoms with Crippen molar-refractivity contribution in [3.8, 4) is 5.75 Å². The van der Waals surface area contributed by atoms with Gasteiger partial charge >= 0.3 is 0 Å². The number of ether oxygens (including phenoxy) is 1. The van der Waals surface area contributed by atoms with Gasteiger partial charge in [0.2, 0.25) is 5.91 Å². The average Bonchev–Trinajstić information content (AvgIpc) is 3.34. The SMILES string of the molecule is CCCN1CCCCCCN(C(=O)Cc2noc3ccccc23)[C@@H]2CCCC[C@@H]2Oc2ccccc2C1=O. The second kappa shape index (κ2) is 12.5. The van der Waals surface area contributed by atoms with Crippen molar-refractivity contribution in [3.05, 3.63) is 59.8 Å². The predicted octanol–water partition coefficient (Wildman–Crippen LogP) is 6.02. The topological polar surface area (TPSA) is 75.9 Å². The first-order valence-electron chi connectivity index (χ1n) is 14.3. The smallest absolute Gasteiger partial charge is 0.257 e. The van der Waals surface area contributed by atoms with Crippen LogP contribution in [0.25, 0.3) is 11.0 Å². The van der Waals surface area contributed by atoms with Crippen LogP contribution in [0.1, 0.15) is 80.8 Å². The summed E-state index contributed by atoms with van der Waals surface area (Å²) < 4.78 is 12.1. The van der Waals surface area contributed by atoms with Crippen molar-refractivity contribution in [2.75, 3.05) is 19.6 Å². The molecule has 2 heterocycles. The van der Waals surface area contributed by atoms with E-state index >= 15 is 0 Å². The fourth-order valence-electron chi connectivity index (χ4n) is 5.96. The van der Waals surface area contributed by atoms with Gasteiger partial charge in [0.25, 0.3) is 5.91 Å². The maximum absolute atomic E-state index is 13.8. The first-order valence-corrected chi connectivity index (χ1v) is 14.3. The van der Waals surface area contributed by atoms with Gasteiger partial charge in [0.1, 0.15) is 17.5 Å². The molecular weight excluding hydrogens is 478 g/mol. The van der Waals surface area contributed by atoms with Crippen LogP contribution in [0.4, 0.5) is 0 Å². The quantitative estimate of drug-likeness (QED) is 0.423. The molecule has 5 rings (SSSR count). The Bertz CT molecular complexity index is 1240. The molecule has 0 bridgehead atoms. The van der Waals surface area contributed by atoms with Crippen molar-refractivity contribution in [2.45, 2.75) is 83.3 Å². The number of para-hydroxylation sites is 2. The molecule has 0 spiro atoms. The lowest BCUT2D eigenvalue weighted by molar-refractivity contribution is -0.136. The van der Waals surface area contributed by atoms with E-state index in [-0.39, 0.29) is 30.4 Å². The fraction of sp³-hybridized carbons (Fsp3) is 0.516. The van der Waals surface area contributed by atoms with Gasteiger partial charge in [-0.05, 0) is 62.8 Å². The van der Waals surface area contributed by atoms with Gasteiger partial charge in [0, 0.05) is 25.0 Å². The summed E-state index contributed by atoms with van der Waals surface area (Å²) in [7, 11) is 0. The van der Waals surface area contributed by atoms with Crippen LogP contribution in [0.15, 0.2) is 53.1 Å². The zero-order valence-corrected chi connectivity index (χ0v) is 22.4. The van der Waals surface area contributed by atoms with Gasteiger partial charge in [-0.25, -0.2) is 0 Å². The molecule has 1 aliphatic carbocycles. The molecule has 3 aromatic rings. The summed E-state index contributed by atoms with van der Waals surface area (Å²) in [5, 5.41) is 5.12. The third-order valence-corrected chi connectivity index (χ3v) is 7.91. The molecule has 7 heteroatoms. The van der Waals surface area contributed by atoms with Crippen LogP contribution >= 0.6 is 0 Å². The van der Waals surface area contributed by atoms with Crippen LogP contribution in [0.5, 0.6) is 5.75 Å². The molecule has 202 valence electrons. The molecule has 2 aromatic carbocycles. The van der Waals surface area contributed by atoms with Crippen LogP contribution in [-0.4, -0.2) is 58.6 Å². The zero-order chi connectivity index (χ0) is 26.3. The third kappa shape index (κ3) is 5.87. The van der Waals surface area contributed by atoms with Gasteiger partial charge in [-0.15, -0.1) is 0 Å². The number of amides is 2. The number of fused-ring (bicyclic) bond motifs is 3. The highest BCUT2D eigenvalue weighted by Crippen LogP contribution is 2.31. The Balaban J connectivity index is 1.43. The summed E-state index contributed by atoms with van der Waals surface area (Å²) in [6.07, 6.45) is 8.82. The molecule has 1 aromatic heterocycles. The van der Waals surface area contributed by atoms with Crippen molar-refractivity contribution in [1.29, 1.82) is 0 Å². The van der Waals surface area contributed by atoms with Crippen LogP contribution in [0, 0.1) is 0 Å². The molecule has 0 radical (unpaired) electrons. The second-order valence-electron chi connectivity index (χ2n) is 10.6. The Morgan fingerprint density at radius 1 is 0.947 bits per heavy atom. The van der Waals surface area contributed by atoms with E-state index < -0.39 is 0 Å². The molecule has 2 aliphatic rings. The Morgan fingerprint density at radius 3 is 2.58 bits per heavy atom. The lowest BCUT2D eigenvalue weighted by Gasteiger charge is -2.40. The Labute approximate surface area is 225 Å². The summed E-state index contributed by atoms with van der Waals surface area (Å²) in [4.78, 5) is 31.4. The van der Waals surface area contributed by atoms with Gasteiger partial charge in [0.05, 0.1) is 18.0 Å². The standard InChI is InChI=1S/C31H39N3O4/c1-2-19-33-20-11-3-4-12-21-34(30(35)22-25-23-13-5-9-17-28(23)38-32-25)26-15-7-10-18-29(26)37-27-16-8-6-14-24(27)31(33)36/h5-6,8-9,13-14,16-17,26,29H,2-4,7,10-12,15,18-22H2,1H3/t26-,29+/m1/s1. The summed E-state index contributed by atoms with van der Waals surface area (Å²) >= 11 is 0. The van der Waals surface area contributed by atoms with E-state index in [1.807, 2.05) is 58.3 Å². The van der Waals surface area contributed by atoms with Crippen molar-refractivity contribution in [3.63, 3.8) is 0 Å². The molecule has 0 saturated heterocycles. The normalized spacial score (nSPS) is 21.3. The number of carbonyl (C=O) groups excluding carboxylic acids is 2. The second-order valence-corrected chi connectivity index (χ2v) is 10.6. The van der Waals surface area contributed by atoms with E-state index in [0.717, 1.165) is 76.3 Å². The summed E-state index contributed by atoms with van der Waals surface area (Å²) in [5.74, 6) is 0.732. The van der Waals surface area contributed by atoms with Crippen molar-refractivity contribution < 1.29 is 18.8 Å². The molecule has 0 N–H and O–H groups in total. The molecule has 2 amide bonds. The molecule has 38 heavy (non-hydrogen) atoms. The zero-order valence-electron chi connectivity index (χ0n) is 22.4. The fourth-order valence-corrected chi connectivity index (χ4v) is 5.96. The number of benzene rings is 2. The van der Waals surface area contributed by atoms with Gasteiger partial charge in [0.15, 0.2) is 5.58 Å². The van der Waals surface area contributed by atoms with Crippen LogP contribution in [0.2, 0.25) is 0 Å². The number of carbonyl (C=O) groups is 2. The lowest BCUT2D eigenvalue weighted by atomic mass is 9.90. The van der Waals surface area contributed by atoms with Gasteiger partial charge in [-0.1, -0.05) is 55.6 Å². The lowest BCUT2D eigenvalue weighted by Crippen LogP contribution is -2.51. The third-order valence-electron chi connectivity index (χ3n) is 7.91. The number of hydrogen-bond acceptors (Lipinski definition) is 5. The summed E-state index contributed by atoms with van der Waals surface area (Å²) in [6, 6.07) is 15.3. The minimum absolute atomic E-state index is 0.0349. The van der Waals surface area contributed by atoms with E-state index in [4.69, 9.17) is 9.26 Å². The Kier molecular flexibility index (Phi) is 8.61. The summed E-state index contributed by atoms with van der Waals surface area (Å²) in [5.41, 5.74) is 2.01. The van der Waals surface area contributed by atoms with Crippen LogP contribution < -0.4 is 4.74 Å². The molecule has 7 nitrogen and oxygen atoms in total. The van der Waals surface area contributed by atoms with Crippen molar-refractivity contribution in [2.24, 2.45) is 0 Å². The maximum atomic E-state index is 13.8. The molecule has 2 atom stereocenters. The molecule has 0 unspecified atom stereocenters. The van der Waals surface area contributed by atoms with E-state index in [2.05, 4.69) is 12.1 Å².